The first-order chi connectivity index (χ1) is 14.2. The van der Waals surface area contributed by atoms with Crippen LogP contribution in [0.3, 0.4) is 0 Å². The second-order valence-corrected chi connectivity index (χ2v) is 6.40. The van der Waals surface area contributed by atoms with Crippen LogP contribution in [0.1, 0.15) is 6.42 Å². The maximum absolute atomic E-state index is 13.5. The topological polar surface area (TPSA) is 117 Å². The number of aromatic nitrogens is 4. The summed E-state index contributed by atoms with van der Waals surface area (Å²) in [7, 11) is 2.80. The first kappa shape index (κ1) is 20.9. The molecule has 0 fully saturated rings. The van der Waals surface area contributed by atoms with Crippen molar-refractivity contribution < 1.29 is 23.1 Å². The van der Waals surface area contributed by atoms with E-state index in [9.17, 15) is 28.0 Å². The molecule has 30 heavy (non-hydrogen) atoms. The Morgan fingerprint density at radius 1 is 1.17 bits per heavy atom. The van der Waals surface area contributed by atoms with Crippen LogP contribution in [-0.4, -0.2) is 37.2 Å². The predicted molar refractivity (Wildman–Crippen MR) is 101 cm³/mol. The Morgan fingerprint density at radius 2 is 1.90 bits per heavy atom. The number of anilines is 1. The van der Waals surface area contributed by atoms with Crippen LogP contribution in [0.4, 0.5) is 14.5 Å². The predicted octanol–water partition coefficient (Wildman–Crippen LogP) is 0.284. The van der Waals surface area contributed by atoms with Gasteiger partial charge in [0.2, 0.25) is 0 Å². The highest BCUT2D eigenvalue weighted by Gasteiger charge is 2.16. The Bertz CT molecular complexity index is 1260. The van der Waals surface area contributed by atoms with Gasteiger partial charge < -0.3 is 14.6 Å². The molecule has 0 saturated carbocycles. The number of imidazole rings is 1. The van der Waals surface area contributed by atoms with Gasteiger partial charge in [-0.15, -0.1) is 0 Å². The fourth-order valence-corrected chi connectivity index (χ4v) is 2.78. The number of ether oxygens (including phenoxy) is 1. The molecule has 1 aromatic carbocycles. The number of hydrogen-bond donors (Lipinski definition) is 1. The van der Waals surface area contributed by atoms with E-state index in [0.717, 1.165) is 22.8 Å². The Morgan fingerprint density at radius 3 is 2.63 bits per heavy atom. The standard InChI is InChI=1S/C18H17F2N5O5/c1-23-16-15(17(28)24(2)18(23)29)25(9-21-16)6-5-14(27)30-8-13(26)22-12-7-10(19)3-4-11(12)20/h3-4,7,9H,5-6,8H2,1-2H3,(H,22,26). The van der Waals surface area contributed by atoms with Gasteiger partial charge in [0.15, 0.2) is 17.8 Å². The number of carbonyl (C=O) groups is 2. The lowest BCUT2D eigenvalue weighted by molar-refractivity contribution is -0.147. The fraction of sp³-hybridized carbons (Fsp3) is 0.278. The molecule has 1 N–H and O–H groups in total. The van der Waals surface area contributed by atoms with E-state index in [2.05, 4.69) is 10.3 Å². The van der Waals surface area contributed by atoms with E-state index in [1.165, 1.54) is 29.6 Å². The van der Waals surface area contributed by atoms with Gasteiger partial charge in [0.05, 0.1) is 18.4 Å². The average molecular weight is 421 g/mol. The first-order valence-corrected chi connectivity index (χ1v) is 8.70. The smallest absolute Gasteiger partial charge is 0.332 e. The molecule has 1 amide bonds. The number of rotatable bonds is 6. The van der Waals surface area contributed by atoms with E-state index in [1.807, 2.05) is 0 Å². The molecule has 0 unspecified atom stereocenters. The SMILES string of the molecule is Cn1c(=O)c2c(ncn2CCC(=O)OCC(=O)Nc2cc(F)ccc2F)n(C)c1=O. The van der Waals surface area contributed by atoms with Crippen LogP contribution in [0.15, 0.2) is 34.1 Å². The normalized spacial score (nSPS) is 10.9. The molecule has 2 aromatic heterocycles. The maximum atomic E-state index is 13.5. The van der Waals surface area contributed by atoms with Crippen molar-refractivity contribution in [2.24, 2.45) is 14.1 Å². The van der Waals surface area contributed by atoms with E-state index in [-0.39, 0.29) is 29.8 Å². The van der Waals surface area contributed by atoms with Crippen molar-refractivity contribution in [1.29, 1.82) is 0 Å². The van der Waals surface area contributed by atoms with Gasteiger partial charge >= 0.3 is 11.7 Å². The van der Waals surface area contributed by atoms with Gasteiger partial charge in [-0.2, -0.15) is 0 Å². The summed E-state index contributed by atoms with van der Waals surface area (Å²) in [4.78, 5) is 52.0. The zero-order chi connectivity index (χ0) is 22.0. The van der Waals surface area contributed by atoms with Gasteiger partial charge in [-0.1, -0.05) is 0 Å². The van der Waals surface area contributed by atoms with Gasteiger partial charge in [0, 0.05) is 26.7 Å². The largest absolute Gasteiger partial charge is 0.456 e. The number of nitrogens with zero attached hydrogens (tertiary/aromatic N) is 4. The van der Waals surface area contributed by atoms with Crippen LogP contribution in [0.5, 0.6) is 0 Å². The number of aryl methyl sites for hydroxylation is 2. The van der Waals surface area contributed by atoms with Crippen LogP contribution >= 0.6 is 0 Å². The number of fused-ring (bicyclic) bond motifs is 1. The molecule has 3 rings (SSSR count). The second-order valence-electron chi connectivity index (χ2n) is 6.40. The van der Waals surface area contributed by atoms with Crippen molar-refractivity contribution in [3.8, 4) is 0 Å². The lowest BCUT2D eigenvalue weighted by Gasteiger charge is -2.08. The third kappa shape index (κ3) is 4.11. The van der Waals surface area contributed by atoms with Crippen molar-refractivity contribution in [3.63, 3.8) is 0 Å². The summed E-state index contributed by atoms with van der Waals surface area (Å²) in [6, 6.07) is 2.55. The summed E-state index contributed by atoms with van der Waals surface area (Å²) in [5.41, 5.74) is -1.14. The molecule has 3 aromatic rings. The third-order valence-electron chi connectivity index (χ3n) is 4.34. The molecule has 0 atom stereocenters. The molecule has 0 aliphatic carbocycles. The quantitative estimate of drug-likeness (QED) is 0.572. The maximum Gasteiger partial charge on any atom is 0.332 e. The van der Waals surface area contributed by atoms with Gasteiger partial charge in [0.1, 0.15) is 11.6 Å². The van der Waals surface area contributed by atoms with Crippen LogP contribution in [0.25, 0.3) is 11.2 Å². The molecule has 2 heterocycles. The highest BCUT2D eigenvalue weighted by Crippen LogP contribution is 2.15. The fourth-order valence-electron chi connectivity index (χ4n) is 2.78. The zero-order valence-electron chi connectivity index (χ0n) is 16.0. The summed E-state index contributed by atoms with van der Waals surface area (Å²) in [5, 5.41) is 2.10. The van der Waals surface area contributed by atoms with Crippen LogP contribution in [0.2, 0.25) is 0 Å². The second kappa shape index (κ2) is 8.27. The van der Waals surface area contributed by atoms with Crippen molar-refractivity contribution in [2.75, 3.05) is 11.9 Å². The molecule has 0 radical (unpaired) electrons. The van der Waals surface area contributed by atoms with Crippen LogP contribution in [0, 0.1) is 11.6 Å². The van der Waals surface area contributed by atoms with E-state index >= 15 is 0 Å². The minimum atomic E-state index is -0.843. The van der Waals surface area contributed by atoms with E-state index < -0.39 is 41.4 Å². The molecule has 0 aliphatic heterocycles. The van der Waals surface area contributed by atoms with Crippen molar-refractivity contribution in [3.05, 3.63) is 57.0 Å². The first-order valence-electron chi connectivity index (χ1n) is 8.70. The molecule has 0 aliphatic rings. The number of amides is 1. The minimum absolute atomic E-state index is 0.0168. The van der Waals surface area contributed by atoms with Crippen molar-refractivity contribution in [2.45, 2.75) is 13.0 Å². The minimum Gasteiger partial charge on any atom is -0.456 e. The summed E-state index contributed by atoms with van der Waals surface area (Å²) >= 11 is 0. The van der Waals surface area contributed by atoms with Crippen molar-refractivity contribution >= 4 is 28.7 Å². The Balaban J connectivity index is 1.60. The third-order valence-corrected chi connectivity index (χ3v) is 4.34. The summed E-state index contributed by atoms with van der Waals surface area (Å²) in [6.07, 6.45) is 1.12. The molecule has 12 heteroatoms. The highest BCUT2D eigenvalue weighted by molar-refractivity contribution is 5.92. The lowest BCUT2D eigenvalue weighted by atomic mass is 10.3. The van der Waals surface area contributed by atoms with Crippen molar-refractivity contribution in [1.82, 2.24) is 18.7 Å². The number of nitrogens with one attached hydrogen (secondary N) is 1. The van der Waals surface area contributed by atoms with E-state index in [0.29, 0.717) is 0 Å². The number of carbonyl (C=O) groups excluding carboxylic acids is 2. The van der Waals surface area contributed by atoms with E-state index in [1.54, 1.807) is 0 Å². The van der Waals surface area contributed by atoms with Gasteiger partial charge in [0.25, 0.3) is 11.5 Å². The van der Waals surface area contributed by atoms with Crippen LogP contribution in [-0.2, 0) is 35.0 Å². The lowest BCUT2D eigenvalue weighted by Crippen LogP contribution is -2.37. The summed E-state index contributed by atoms with van der Waals surface area (Å²) in [5.74, 6) is -3.17. The molecule has 0 saturated heterocycles. The number of benzene rings is 1. The van der Waals surface area contributed by atoms with Gasteiger partial charge in [-0.3, -0.25) is 23.5 Å². The summed E-state index contributed by atoms with van der Waals surface area (Å²) in [6.45, 7) is -0.682. The monoisotopic (exact) mass is 421 g/mol. The number of hydrogen-bond acceptors (Lipinski definition) is 6. The van der Waals surface area contributed by atoms with E-state index in [4.69, 9.17) is 4.74 Å². The Hall–Kier alpha value is -3.83. The van der Waals surface area contributed by atoms with Gasteiger partial charge in [-0.25, -0.2) is 18.6 Å². The molecular formula is C18H17F2N5O5. The molecule has 0 spiro atoms. The summed E-state index contributed by atoms with van der Waals surface area (Å²) < 4.78 is 35.0. The number of esters is 1. The Labute approximate surface area is 167 Å². The average Bonchev–Trinajstić information content (AvgIpc) is 3.14. The molecule has 10 nitrogen and oxygen atoms in total. The number of halogens is 2. The molecule has 0 bridgehead atoms. The molecular weight excluding hydrogens is 404 g/mol. The Kier molecular flexibility index (Phi) is 5.76. The van der Waals surface area contributed by atoms with Gasteiger partial charge in [-0.05, 0) is 12.1 Å². The highest BCUT2D eigenvalue weighted by atomic mass is 19.1. The van der Waals surface area contributed by atoms with Crippen LogP contribution < -0.4 is 16.6 Å². The molecule has 158 valence electrons. The zero-order valence-corrected chi connectivity index (χ0v) is 16.0.